The maximum atomic E-state index is 12.9. The zero-order chi connectivity index (χ0) is 11.7. The van der Waals surface area contributed by atoms with Gasteiger partial charge in [0.15, 0.2) is 10.6 Å². The summed E-state index contributed by atoms with van der Waals surface area (Å²) in [4.78, 5) is 0. The monoisotopic (exact) mass is 303 g/mol. The summed E-state index contributed by atoms with van der Waals surface area (Å²) in [6, 6.07) is 4.20. The predicted octanol–water partition coefficient (Wildman–Crippen LogP) is 2.32. The molecular formula is C9H7BrFN3OS. The zero-order valence-electron chi connectivity index (χ0n) is 7.94. The summed E-state index contributed by atoms with van der Waals surface area (Å²) in [6.07, 6.45) is 0. The third kappa shape index (κ3) is 1.93. The van der Waals surface area contributed by atoms with Crippen LogP contribution in [0.25, 0.3) is 5.69 Å². The van der Waals surface area contributed by atoms with E-state index in [0.29, 0.717) is 20.8 Å². The normalized spacial score (nSPS) is 10.7. The number of rotatable bonds is 2. The molecule has 1 aromatic heterocycles. The summed E-state index contributed by atoms with van der Waals surface area (Å²) in [5.74, 6) is 0.0218. The van der Waals surface area contributed by atoms with Crippen molar-refractivity contribution in [3.63, 3.8) is 0 Å². The van der Waals surface area contributed by atoms with E-state index in [1.54, 1.807) is 10.6 Å². The van der Waals surface area contributed by atoms with Crippen LogP contribution < -0.4 is 0 Å². The second-order valence-electron chi connectivity index (χ2n) is 3.03. The van der Waals surface area contributed by atoms with Crippen LogP contribution in [0.3, 0.4) is 0 Å². The van der Waals surface area contributed by atoms with Gasteiger partial charge in [0.05, 0.1) is 5.69 Å². The molecule has 0 saturated heterocycles. The molecule has 0 atom stereocenters. The molecule has 0 unspecified atom stereocenters. The van der Waals surface area contributed by atoms with E-state index in [4.69, 9.17) is 17.3 Å². The minimum Gasteiger partial charge on any atom is -0.388 e. The van der Waals surface area contributed by atoms with Crippen LogP contribution in [0.1, 0.15) is 5.82 Å². The van der Waals surface area contributed by atoms with E-state index in [-0.39, 0.29) is 12.4 Å². The molecule has 7 heteroatoms. The summed E-state index contributed by atoms with van der Waals surface area (Å²) in [6.45, 7) is -0.253. The van der Waals surface area contributed by atoms with Crippen molar-refractivity contribution < 1.29 is 9.50 Å². The molecule has 0 aliphatic rings. The van der Waals surface area contributed by atoms with Crippen molar-refractivity contribution >= 4 is 28.1 Å². The predicted molar refractivity (Wildman–Crippen MR) is 62.3 cm³/mol. The quantitative estimate of drug-likeness (QED) is 0.837. The second-order valence-corrected chi connectivity index (χ2v) is 4.28. The standard InChI is InChI=1S/C9H7BrFN3OS/c10-6-3-5(11)1-2-7(6)14-8(4-15)12-13-9(14)16/h1-3,15H,4H2,(H,13,16). The molecule has 1 heterocycles. The number of aliphatic hydroxyl groups excluding tert-OH is 1. The minimum absolute atomic E-state index is 0.253. The van der Waals surface area contributed by atoms with Gasteiger partial charge in [-0.2, -0.15) is 5.10 Å². The Morgan fingerprint density at radius 1 is 1.56 bits per heavy atom. The summed E-state index contributed by atoms with van der Waals surface area (Å²) in [5.41, 5.74) is 0.629. The zero-order valence-corrected chi connectivity index (χ0v) is 10.3. The molecule has 4 nitrogen and oxygen atoms in total. The highest BCUT2D eigenvalue weighted by atomic mass is 79.9. The highest BCUT2D eigenvalue weighted by molar-refractivity contribution is 9.10. The number of aromatic nitrogens is 3. The van der Waals surface area contributed by atoms with E-state index in [1.807, 2.05) is 0 Å². The van der Waals surface area contributed by atoms with Crippen LogP contribution in [-0.2, 0) is 6.61 Å². The lowest BCUT2D eigenvalue weighted by molar-refractivity contribution is 0.268. The molecule has 1 aromatic carbocycles. The van der Waals surface area contributed by atoms with E-state index in [1.165, 1.54) is 12.1 Å². The van der Waals surface area contributed by atoms with E-state index in [0.717, 1.165) is 0 Å². The first kappa shape index (κ1) is 11.4. The summed E-state index contributed by atoms with van der Waals surface area (Å²) in [7, 11) is 0. The largest absolute Gasteiger partial charge is 0.388 e. The van der Waals surface area contributed by atoms with Crippen LogP contribution in [0.5, 0.6) is 0 Å². The third-order valence-electron chi connectivity index (χ3n) is 2.03. The van der Waals surface area contributed by atoms with Gasteiger partial charge in [0.2, 0.25) is 0 Å². The molecule has 2 N–H and O–H groups in total. The molecule has 16 heavy (non-hydrogen) atoms. The molecule has 2 aromatic rings. The number of hydrogen-bond donors (Lipinski definition) is 2. The second kappa shape index (κ2) is 4.44. The Balaban J connectivity index is 2.67. The molecule has 0 spiro atoms. The Bertz CT molecular complexity index is 580. The van der Waals surface area contributed by atoms with Crippen molar-refractivity contribution in [2.45, 2.75) is 6.61 Å². The van der Waals surface area contributed by atoms with Gasteiger partial charge < -0.3 is 5.11 Å². The Morgan fingerprint density at radius 2 is 2.31 bits per heavy atom. The Kier molecular flexibility index (Phi) is 3.17. The molecule has 0 saturated carbocycles. The fourth-order valence-electron chi connectivity index (χ4n) is 1.35. The lowest BCUT2D eigenvalue weighted by atomic mass is 10.3. The molecule has 0 amide bonds. The number of hydrogen-bond acceptors (Lipinski definition) is 3. The Labute approximate surface area is 104 Å². The van der Waals surface area contributed by atoms with Crippen molar-refractivity contribution in [1.29, 1.82) is 0 Å². The number of aliphatic hydroxyl groups is 1. The smallest absolute Gasteiger partial charge is 0.199 e. The fraction of sp³-hybridized carbons (Fsp3) is 0.111. The third-order valence-corrected chi connectivity index (χ3v) is 2.94. The van der Waals surface area contributed by atoms with Gasteiger partial charge in [0, 0.05) is 4.47 Å². The van der Waals surface area contributed by atoms with Gasteiger partial charge >= 0.3 is 0 Å². The van der Waals surface area contributed by atoms with Crippen molar-refractivity contribution in [1.82, 2.24) is 14.8 Å². The van der Waals surface area contributed by atoms with E-state index >= 15 is 0 Å². The van der Waals surface area contributed by atoms with Gasteiger partial charge in [-0.15, -0.1) is 0 Å². The fourth-order valence-corrected chi connectivity index (χ4v) is 2.12. The summed E-state index contributed by atoms with van der Waals surface area (Å²) in [5, 5.41) is 15.5. The van der Waals surface area contributed by atoms with Gasteiger partial charge in [-0.05, 0) is 46.3 Å². The minimum atomic E-state index is -0.351. The van der Waals surface area contributed by atoms with Crippen molar-refractivity contribution in [2.75, 3.05) is 0 Å². The van der Waals surface area contributed by atoms with Gasteiger partial charge in [-0.25, -0.2) is 4.39 Å². The maximum absolute atomic E-state index is 12.9. The number of halogens is 2. The molecule has 2 rings (SSSR count). The Hall–Kier alpha value is -1.05. The number of H-pyrrole nitrogens is 1. The molecule has 0 bridgehead atoms. The number of benzene rings is 1. The van der Waals surface area contributed by atoms with Crippen molar-refractivity contribution in [3.05, 3.63) is 39.1 Å². The summed E-state index contributed by atoms with van der Waals surface area (Å²) < 4.78 is 15.4. The molecule has 0 aliphatic carbocycles. The van der Waals surface area contributed by atoms with E-state index < -0.39 is 0 Å². The maximum Gasteiger partial charge on any atom is 0.199 e. The van der Waals surface area contributed by atoms with Crippen LogP contribution in [0.15, 0.2) is 22.7 Å². The highest BCUT2D eigenvalue weighted by Crippen LogP contribution is 2.23. The van der Waals surface area contributed by atoms with Crippen LogP contribution >= 0.6 is 28.1 Å². The van der Waals surface area contributed by atoms with E-state index in [9.17, 15) is 4.39 Å². The van der Waals surface area contributed by atoms with Gasteiger partial charge in [0.1, 0.15) is 12.4 Å². The lowest BCUT2D eigenvalue weighted by Crippen LogP contribution is -2.02. The van der Waals surface area contributed by atoms with Crippen LogP contribution in [0.2, 0.25) is 0 Å². The van der Waals surface area contributed by atoms with Crippen LogP contribution in [0, 0.1) is 10.6 Å². The molecular weight excluding hydrogens is 297 g/mol. The first-order valence-electron chi connectivity index (χ1n) is 4.36. The highest BCUT2D eigenvalue weighted by Gasteiger charge is 2.10. The summed E-state index contributed by atoms with van der Waals surface area (Å²) >= 11 is 8.27. The number of aromatic amines is 1. The average Bonchev–Trinajstić information content (AvgIpc) is 2.60. The van der Waals surface area contributed by atoms with Crippen LogP contribution in [-0.4, -0.2) is 19.9 Å². The molecule has 0 aliphatic heterocycles. The first-order chi connectivity index (χ1) is 7.63. The SMILES string of the molecule is OCc1n[nH]c(=S)n1-c1ccc(F)cc1Br. The average molecular weight is 304 g/mol. The molecule has 0 fully saturated rings. The van der Waals surface area contributed by atoms with Crippen LogP contribution in [0.4, 0.5) is 4.39 Å². The lowest BCUT2D eigenvalue weighted by Gasteiger charge is -2.07. The first-order valence-corrected chi connectivity index (χ1v) is 5.56. The molecule has 84 valence electrons. The van der Waals surface area contributed by atoms with Gasteiger partial charge in [-0.1, -0.05) is 0 Å². The molecule has 0 radical (unpaired) electrons. The van der Waals surface area contributed by atoms with E-state index in [2.05, 4.69) is 26.1 Å². The van der Waals surface area contributed by atoms with Gasteiger partial charge in [0.25, 0.3) is 0 Å². The van der Waals surface area contributed by atoms with Crippen molar-refractivity contribution in [3.8, 4) is 5.69 Å². The number of nitrogens with zero attached hydrogens (tertiary/aromatic N) is 2. The topological polar surface area (TPSA) is 53.8 Å². The Morgan fingerprint density at radius 3 is 2.94 bits per heavy atom. The van der Waals surface area contributed by atoms with Crippen molar-refractivity contribution in [2.24, 2.45) is 0 Å². The van der Waals surface area contributed by atoms with Gasteiger partial charge in [-0.3, -0.25) is 9.67 Å². The number of nitrogens with one attached hydrogen (secondary N) is 1.